The molecule has 0 saturated heterocycles. The van der Waals surface area contributed by atoms with Gasteiger partial charge in [0.15, 0.2) is 0 Å². The molecule has 9 heteroatoms. The zero-order valence-corrected chi connectivity index (χ0v) is 7.34. The Bertz CT molecular complexity index is 257. The molecule has 0 N–H and O–H groups in total. The van der Waals surface area contributed by atoms with Crippen LogP contribution in [0.1, 0.15) is 0 Å². The van der Waals surface area contributed by atoms with Crippen molar-refractivity contribution >= 4 is 0 Å². The fourth-order valence-electron chi connectivity index (χ4n) is 0.657. The van der Waals surface area contributed by atoms with Crippen LogP contribution in [0.15, 0.2) is 12.7 Å². The molecule has 0 bridgehead atoms. The van der Waals surface area contributed by atoms with Crippen LogP contribution in [-0.4, -0.2) is 30.4 Å². The van der Waals surface area contributed by atoms with Gasteiger partial charge in [-0.05, 0) is 6.08 Å². The average Bonchev–Trinajstić information content (AvgIpc) is 2.15. The van der Waals surface area contributed by atoms with Gasteiger partial charge < -0.3 is 0 Å². The van der Waals surface area contributed by atoms with E-state index in [1.165, 1.54) is 0 Å². The van der Waals surface area contributed by atoms with Crippen molar-refractivity contribution in [2.75, 3.05) is 0 Å². The van der Waals surface area contributed by atoms with Crippen molar-refractivity contribution in [3.63, 3.8) is 0 Å². The lowest BCUT2D eigenvalue weighted by Gasteiger charge is -2.30. The molecule has 0 aromatic rings. The van der Waals surface area contributed by atoms with E-state index in [0.29, 0.717) is 0 Å². The van der Waals surface area contributed by atoms with E-state index in [0.717, 1.165) is 0 Å². The molecule has 96 valence electrons. The van der Waals surface area contributed by atoms with Crippen LogP contribution in [0.25, 0.3) is 0 Å². The van der Waals surface area contributed by atoms with Gasteiger partial charge >= 0.3 is 24.2 Å². The number of hydrogen-bond donors (Lipinski definition) is 0. The van der Waals surface area contributed by atoms with Crippen LogP contribution in [0.4, 0.5) is 39.5 Å². The number of allylic oxidation sites excluding steroid dienone is 1. The molecular formula is C7H5F9. The summed E-state index contributed by atoms with van der Waals surface area (Å²) in [6, 6.07) is 0. The second-order valence-corrected chi connectivity index (χ2v) is 2.79. The molecule has 0 spiro atoms. The first-order valence-corrected chi connectivity index (χ1v) is 3.60. The zero-order chi connectivity index (χ0) is 13.4. The standard InChI is InChI=1S/C7H5F9/c1-2-5(11,12)7(15,16)3(8)6(13,14)4(9)10/h2-4H,1H2. The van der Waals surface area contributed by atoms with Crippen molar-refractivity contribution in [2.45, 2.75) is 30.4 Å². The Morgan fingerprint density at radius 1 is 0.875 bits per heavy atom. The minimum atomic E-state index is -5.98. The highest BCUT2D eigenvalue weighted by Crippen LogP contribution is 2.46. The molecule has 1 unspecified atom stereocenters. The summed E-state index contributed by atoms with van der Waals surface area (Å²) in [6.45, 7) is 2.18. The fraction of sp³-hybridized carbons (Fsp3) is 0.714. The number of halogens is 9. The summed E-state index contributed by atoms with van der Waals surface area (Å²) >= 11 is 0. The topological polar surface area (TPSA) is 0 Å². The first-order valence-electron chi connectivity index (χ1n) is 3.60. The number of rotatable bonds is 5. The van der Waals surface area contributed by atoms with Crippen molar-refractivity contribution in [3.05, 3.63) is 12.7 Å². The third-order valence-electron chi connectivity index (χ3n) is 1.65. The molecule has 0 heterocycles. The van der Waals surface area contributed by atoms with E-state index in [9.17, 15) is 39.5 Å². The van der Waals surface area contributed by atoms with Crippen LogP contribution in [0.5, 0.6) is 0 Å². The third kappa shape index (κ3) is 2.27. The second kappa shape index (κ2) is 4.17. The Hall–Kier alpha value is -0.890. The maximum Gasteiger partial charge on any atom is 0.350 e. The minimum Gasteiger partial charge on any atom is -0.234 e. The lowest BCUT2D eigenvalue weighted by Crippen LogP contribution is -2.56. The first-order chi connectivity index (χ1) is 6.91. The monoisotopic (exact) mass is 260 g/mol. The third-order valence-corrected chi connectivity index (χ3v) is 1.65. The van der Waals surface area contributed by atoms with Gasteiger partial charge in [-0.3, -0.25) is 0 Å². The normalized spacial score (nSPS) is 16.4. The summed E-state index contributed by atoms with van der Waals surface area (Å²) in [5.74, 6) is -17.2. The van der Waals surface area contributed by atoms with Gasteiger partial charge in [0.1, 0.15) is 0 Å². The molecule has 0 aliphatic heterocycles. The van der Waals surface area contributed by atoms with Crippen LogP contribution >= 0.6 is 0 Å². The van der Waals surface area contributed by atoms with Gasteiger partial charge in [0.2, 0.25) is 6.17 Å². The molecule has 0 rings (SSSR count). The molecule has 16 heavy (non-hydrogen) atoms. The number of hydrogen-bond acceptors (Lipinski definition) is 0. The van der Waals surface area contributed by atoms with E-state index in [4.69, 9.17) is 0 Å². The lowest BCUT2D eigenvalue weighted by atomic mass is 10.0. The largest absolute Gasteiger partial charge is 0.350 e. The van der Waals surface area contributed by atoms with E-state index >= 15 is 0 Å². The Kier molecular flexibility index (Phi) is 3.94. The van der Waals surface area contributed by atoms with E-state index in [-0.39, 0.29) is 0 Å². The SMILES string of the molecule is C=CC(F)(F)C(F)(F)C(F)C(F)(F)C(F)F. The lowest BCUT2D eigenvalue weighted by molar-refractivity contribution is -0.282. The second-order valence-electron chi connectivity index (χ2n) is 2.79. The highest BCUT2D eigenvalue weighted by atomic mass is 19.3. The first kappa shape index (κ1) is 15.1. The Morgan fingerprint density at radius 3 is 1.50 bits per heavy atom. The quantitative estimate of drug-likeness (QED) is 0.522. The predicted octanol–water partition coefficient (Wildman–Crippen LogP) is 3.68. The molecule has 0 fully saturated rings. The molecule has 0 aliphatic carbocycles. The molecule has 0 aromatic heterocycles. The van der Waals surface area contributed by atoms with Gasteiger partial charge in [-0.25, -0.2) is 13.2 Å². The summed E-state index contributed by atoms with van der Waals surface area (Å²) in [5.41, 5.74) is 0. The van der Waals surface area contributed by atoms with Crippen molar-refractivity contribution < 1.29 is 39.5 Å². The smallest absolute Gasteiger partial charge is 0.234 e. The molecule has 0 saturated carbocycles. The summed E-state index contributed by atoms with van der Waals surface area (Å²) in [5, 5.41) is 0. The van der Waals surface area contributed by atoms with Crippen LogP contribution in [0.2, 0.25) is 0 Å². The Balaban J connectivity index is 5.26. The molecule has 1 atom stereocenters. The van der Waals surface area contributed by atoms with Gasteiger partial charge in [-0.15, -0.1) is 0 Å². The maximum atomic E-state index is 12.4. The number of alkyl halides is 9. The van der Waals surface area contributed by atoms with Crippen molar-refractivity contribution in [1.82, 2.24) is 0 Å². The van der Waals surface area contributed by atoms with Gasteiger partial charge in [0.25, 0.3) is 0 Å². The van der Waals surface area contributed by atoms with Crippen LogP contribution < -0.4 is 0 Å². The van der Waals surface area contributed by atoms with Crippen molar-refractivity contribution in [3.8, 4) is 0 Å². The summed E-state index contributed by atoms with van der Waals surface area (Å²) in [6.07, 6.45) is -10.6. The van der Waals surface area contributed by atoms with E-state index in [2.05, 4.69) is 6.58 Å². The molecule has 0 radical (unpaired) electrons. The van der Waals surface area contributed by atoms with Crippen molar-refractivity contribution in [1.29, 1.82) is 0 Å². The summed E-state index contributed by atoms with van der Waals surface area (Å²) in [7, 11) is 0. The average molecular weight is 260 g/mol. The van der Waals surface area contributed by atoms with E-state index in [1.54, 1.807) is 0 Å². The van der Waals surface area contributed by atoms with Gasteiger partial charge in [0.05, 0.1) is 0 Å². The molecule has 0 nitrogen and oxygen atoms in total. The highest BCUT2D eigenvalue weighted by Gasteiger charge is 2.70. The molecule has 0 aliphatic rings. The Morgan fingerprint density at radius 2 is 1.25 bits per heavy atom. The van der Waals surface area contributed by atoms with Gasteiger partial charge in [-0.2, -0.15) is 26.3 Å². The summed E-state index contributed by atoms with van der Waals surface area (Å²) < 4.78 is 109. The minimum absolute atomic E-state index is 0.791. The van der Waals surface area contributed by atoms with E-state index in [1.807, 2.05) is 0 Å². The van der Waals surface area contributed by atoms with Crippen molar-refractivity contribution in [2.24, 2.45) is 0 Å². The van der Waals surface area contributed by atoms with E-state index < -0.39 is 36.4 Å². The fourth-order valence-corrected chi connectivity index (χ4v) is 0.657. The maximum absolute atomic E-state index is 12.4. The zero-order valence-electron chi connectivity index (χ0n) is 7.34. The molecule has 0 amide bonds. The van der Waals surface area contributed by atoms with Gasteiger partial charge in [0, 0.05) is 0 Å². The van der Waals surface area contributed by atoms with Gasteiger partial charge in [-0.1, -0.05) is 6.58 Å². The van der Waals surface area contributed by atoms with Crippen LogP contribution in [0.3, 0.4) is 0 Å². The highest BCUT2D eigenvalue weighted by molar-refractivity contribution is 5.05. The van der Waals surface area contributed by atoms with Crippen LogP contribution in [-0.2, 0) is 0 Å². The molecular weight excluding hydrogens is 255 g/mol. The Labute approximate surface area is 83.7 Å². The summed E-state index contributed by atoms with van der Waals surface area (Å²) in [4.78, 5) is 0. The van der Waals surface area contributed by atoms with Crippen LogP contribution in [0, 0.1) is 0 Å². The predicted molar refractivity (Wildman–Crippen MR) is 35.9 cm³/mol. The molecule has 0 aromatic carbocycles.